The normalized spacial score (nSPS) is 42.4. The van der Waals surface area contributed by atoms with Crippen molar-refractivity contribution >= 4 is 0 Å². The molecule has 0 nitrogen and oxygen atoms in total. The second-order valence-electron chi connectivity index (χ2n) is 13.4. The second kappa shape index (κ2) is 7.70. The highest BCUT2D eigenvalue weighted by atomic mass is 14.6. The molecule has 0 radical (unpaired) electrons. The molecule has 0 aromatic rings. The van der Waals surface area contributed by atoms with E-state index < -0.39 is 0 Å². The van der Waals surface area contributed by atoms with Crippen LogP contribution >= 0.6 is 0 Å². The van der Waals surface area contributed by atoms with Crippen LogP contribution < -0.4 is 0 Å². The van der Waals surface area contributed by atoms with Crippen molar-refractivity contribution in [2.24, 2.45) is 45.8 Å². The first-order valence-corrected chi connectivity index (χ1v) is 13.3. The van der Waals surface area contributed by atoms with Crippen LogP contribution in [0.25, 0.3) is 0 Å². The van der Waals surface area contributed by atoms with Crippen LogP contribution in [0.2, 0.25) is 0 Å². The molecule has 2 fully saturated rings. The summed E-state index contributed by atoms with van der Waals surface area (Å²) in [5.74, 6) is 4.62. The minimum atomic E-state index is 0.525. The van der Waals surface area contributed by atoms with Gasteiger partial charge < -0.3 is 0 Å². The van der Waals surface area contributed by atoms with Gasteiger partial charge in [-0.3, -0.25) is 0 Å². The zero-order valence-electron chi connectivity index (χ0n) is 20.9. The summed E-state index contributed by atoms with van der Waals surface area (Å²) >= 11 is 0. The summed E-state index contributed by atoms with van der Waals surface area (Å²) in [5, 5.41) is 0. The van der Waals surface area contributed by atoms with Crippen LogP contribution in [0.4, 0.5) is 0 Å². The van der Waals surface area contributed by atoms with Gasteiger partial charge in [-0.1, -0.05) is 85.3 Å². The van der Waals surface area contributed by atoms with E-state index in [0.29, 0.717) is 16.2 Å². The SMILES string of the molecule is CC(C)CCC[C@@H](C)[C@H]1CC[C@H]2C3=C(CC[C@]12C)[C@@]1(C)CCCC(C)(C)C1CC3. The molecule has 0 aliphatic heterocycles. The smallest absolute Gasteiger partial charge is 0.00802 e. The molecule has 29 heavy (non-hydrogen) atoms. The Morgan fingerprint density at radius 1 is 0.862 bits per heavy atom. The van der Waals surface area contributed by atoms with Crippen molar-refractivity contribution in [1.29, 1.82) is 0 Å². The highest BCUT2D eigenvalue weighted by molar-refractivity contribution is 5.35. The summed E-state index contributed by atoms with van der Waals surface area (Å²) < 4.78 is 0. The average molecular weight is 399 g/mol. The Hall–Kier alpha value is -0.260. The van der Waals surface area contributed by atoms with Crippen molar-refractivity contribution < 1.29 is 0 Å². The van der Waals surface area contributed by atoms with Gasteiger partial charge in [0, 0.05) is 0 Å². The summed E-state index contributed by atoms with van der Waals surface area (Å²) in [6.07, 6.45) is 17.5. The Morgan fingerprint density at radius 3 is 2.34 bits per heavy atom. The number of fused-ring (bicyclic) bond motifs is 4. The van der Waals surface area contributed by atoms with Gasteiger partial charge in [-0.15, -0.1) is 0 Å². The Balaban J connectivity index is 1.56. The van der Waals surface area contributed by atoms with E-state index in [-0.39, 0.29) is 0 Å². The lowest BCUT2D eigenvalue weighted by Crippen LogP contribution is -2.48. The Kier molecular flexibility index (Phi) is 5.83. The summed E-state index contributed by atoms with van der Waals surface area (Å²) in [6, 6.07) is 0. The fraction of sp³-hybridized carbons (Fsp3) is 0.931. The van der Waals surface area contributed by atoms with Gasteiger partial charge in [0.25, 0.3) is 0 Å². The Morgan fingerprint density at radius 2 is 1.62 bits per heavy atom. The largest absolute Gasteiger partial charge is 0.0668 e. The molecule has 4 aliphatic carbocycles. The van der Waals surface area contributed by atoms with Gasteiger partial charge >= 0.3 is 0 Å². The quantitative estimate of drug-likeness (QED) is 0.405. The molecule has 0 aromatic carbocycles. The van der Waals surface area contributed by atoms with Gasteiger partial charge in [-0.05, 0) is 97.2 Å². The molecule has 0 N–H and O–H groups in total. The van der Waals surface area contributed by atoms with E-state index in [1.807, 2.05) is 11.1 Å². The summed E-state index contributed by atoms with van der Waals surface area (Å²) in [6.45, 7) is 17.9. The maximum Gasteiger partial charge on any atom is -0.00802 e. The predicted octanol–water partition coefficient (Wildman–Crippen LogP) is 9.20. The van der Waals surface area contributed by atoms with Crippen molar-refractivity contribution in [2.75, 3.05) is 0 Å². The molecule has 0 saturated heterocycles. The third-order valence-corrected chi connectivity index (χ3v) is 10.9. The molecule has 0 heterocycles. The summed E-state index contributed by atoms with van der Waals surface area (Å²) in [4.78, 5) is 0. The molecule has 6 atom stereocenters. The zero-order valence-corrected chi connectivity index (χ0v) is 20.9. The van der Waals surface area contributed by atoms with E-state index in [4.69, 9.17) is 0 Å². The second-order valence-corrected chi connectivity index (χ2v) is 13.4. The summed E-state index contributed by atoms with van der Waals surface area (Å²) in [5.41, 5.74) is 5.65. The maximum absolute atomic E-state index is 2.72. The third-order valence-electron chi connectivity index (χ3n) is 10.9. The van der Waals surface area contributed by atoms with E-state index in [1.165, 1.54) is 77.0 Å². The lowest BCUT2D eigenvalue weighted by molar-refractivity contribution is -0.00394. The molecule has 0 heteroatoms. The fourth-order valence-corrected chi connectivity index (χ4v) is 9.41. The first-order chi connectivity index (χ1) is 13.6. The monoisotopic (exact) mass is 398 g/mol. The van der Waals surface area contributed by atoms with Gasteiger partial charge in [0.15, 0.2) is 0 Å². The molecule has 2 saturated carbocycles. The van der Waals surface area contributed by atoms with Crippen LogP contribution in [0, 0.1) is 45.8 Å². The first kappa shape index (κ1) is 22.0. The molecule has 0 amide bonds. The van der Waals surface area contributed by atoms with Crippen molar-refractivity contribution in [1.82, 2.24) is 0 Å². The first-order valence-electron chi connectivity index (χ1n) is 13.3. The van der Waals surface area contributed by atoms with Gasteiger partial charge in [0.05, 0.1) is 0 Å². The molecule has 0 bridgehead atoms. The van der Waals surface area contributed by atoms with E-state index in [0.717, 1.165) is 29.6 Å². The standard InChI is InChI=1S/C29H50/c1-20(2)10-8-11-21(3)23-13-14-24-22-12-15-26-27(4,5)17-9-18-29(26,7)25(22)16-19-28(23,24)6/h20-21,23-24,26H,8-19H2,1-7H3/t21-,23-,24+,26?,28-,29-/m1/s1. The molecule has 0 aromatic heterocycles. The average Bonchev–Trinajstić information content (AvgIpc) is 2.98. The van der Waals surface area contributed by atoms with Crippen LogP contribution in [0.5, 0.6) is 0 Å². The Bertz CT molecular complexity index is 636. The maximum atomic E-state index is 2.72. The van der Waals surface area contributed by atoms with Crippen molar-refractivity contribution in [3.8, 4) is 0 Å². The fourth-order valence-electron chi connectivity index (χ4n) is 9.41. The molecular formula is C29H50. The van der Waals surface area contributed by atoms with Crippen molar-refractivity contribution in [2.45, 2.75) is 126 Å². The Labute approximate surface area is 182 Å². The van der Waals surface area contributed by atoms with E-state index in [9.17, 15) is 0 Å². The van der Waals surface area contributed by atoms with Crippen molar-refractivity contribution in [3.05, 3.63) is 11.1 Å². The van der Waals surface area contributed by atoms with Gasteiger partial charge in [0.1, 0.15) is 0 Å². The lowest BCUT2D eigenvalue weighted by atomic mass is 9.46. The minimum Gasteiger partial charge on any atom is -0.0668 e. The molecule has 4 aliphatic rings. The number of allylic oxidation sites excluding steroid dienone is 2. The van der Waals surface area contributed by atoms with Crippen LogP contribution in [-0.2, 0) is 0 Å². The topological polar surface area (TPSA) is 0 Å². The number of hydrogen-bond acceptors (Lipinski definition) is 0. The number of hydrogen-bond donors (Lipinski definition) is 0. The van der Waals surface area contributed by atoms with E-state index in [1.54, 1.807) is 0 Å². The molecular weight excluding hydrogens is 348 g/mol. The van der Waals surface area contributed by atoms with Crippen LogP contribution in [0.1, 0.15) is 126 Å². The molecule has 166 valence electrons. The van der Waals surface area contributed by atoms with Crippen LogP contribution in [-0.4, -0.2) is 0 Å². The molecule has 1 unspecified atom stereocenters. The molecule has 4 rings (SSSR count). The highest BCUT2D eigenvalue weighted by Crippen LogP contribution is 2.68. The third kappa shape index (κ3) is 3.57. The predicted molar refractivity (Wildman–Crippen MR) is 127 cm³/mol. The number of rotatable bonds is 5. The van der Waals surface area contributed by atoms with E-state index in [2.05, 4.69) is 48.5 Å². The van der Waals surface area contributed by atoms with Crippen molar-refractivity contribution in [3.63, 3.8) is 0 Å². The van der Waals surface area contributed by atoms with Gasteiger partial charge in [-0.2, -0.15) is 0 Å². The minimum absolute atomic E-state index is 0.525. The van der Waals surface area contributed by atoms with E-state index >= 15 is 0 Å². The molecule has 0 spiro atoms. The van der Waals surface area contributed by atoms with Crippen LogP contribution in [0.15, 0.2) is 11.1 Å². The van der Waals surface area contributed by atoms with Crippen LogP contribution in [0.3, 0.4) is 0 Å². The van der Waals surface area contributed by atoms with Gasteiger partial charge in [-0.25, -0.2) is 0 Å². The zero-order chi connectivity index (χ0) is 21.0. The highest BCUT2D eigenvalue weighted by Gasteiger charge is 2.57. The lowest BCUT2D eigenvalue weighted by Gasteiger charge is -2.58. The summed E-state index contributed by atoms with van der Waals surface area (Å²) in [7, 11) is 0. The van der Waals surface area contributed by atoms with Gasteiger partial charge in [0.2, 0.25) is 0 Å².